The standard InChI is InChI=1S/C22H30N2O6S2/c1-29-21-9-4-17(16-22(21)30-2)10-13-24-14-11-20(12-15-24)32(27,28)19-7-5-18(6-8-19)23-31(3,25)26/h4-9,16,20,23H,10-15H2,1-3H3. The van der Waals surface area contributed by atoms with Crippen molar-refractivity contribution in [3.63, 3.8) is 0 Å². The normalized spacial score (nSPS) is 16.0. The fourth-order valence-corrected chi connectivity index (χ4v) is 6.18. The van der Waals surface area contributed by atoms with Gasteiger partial charge in [0, 0.05) is 12.2 Å². The van der Waals surface area contributed by atoms with Crippen LogP contribution in [0.4, 0.5) is 5.69 Å². The molecule has 2 aromatic carbocycles. The van der Waals surface area contributed by atoms with Crippen molar-refractivity contribution in [3.8, 4) is 11.5 Å². The minimum Gasteiger partial charge on any atom is -0.493 e. The Labute approximate surface area is 190 Å². The molecule has 1 heterocycles. The average Bonchev–Trinajstić information content (AvgIpc) is 2.77. The highest BCUT2D eigenvalue weighted by Crippen LogP contribution is 2.29. The first-order valence-corrected chi connectivity index (χ1v) is 13.8. The topological polar surface area (TPSA) is 102 Å². The van der Waals surface area contributed by atoms with E-state index in [2.05, 4.69) is 9.62 Å². The van der Waals surface area contributed by atoms with E-state index in [1.807, 2.05) is 18.2 Å². The summed E-state index contributed by atoms with van der Waals surface area (Å²) >= 11 is 0. The Kier molecular flexibility index (Phi) is 7.68. The quantitative estimate of drug-likeness (QED) is 0.586. The number of methoxy groups -OCH3 is 2. The van der Waals surface area contributed by atoms with Crippen LogP contribution in [0.5, 0.6) is 11.5 Å². The molecular weight excluding hydrogens is 452 g/mol. The molecule has 10 heteroatoms. The summed E-state index contributed by atoms with van der Waals surface area (Å²) in [7, 11) is -3.65. The van der Waals surface area contributed by atoms with Crippen molar-refractivity contribution in [3.05, 3.63) is 48.0 Å². The summed E-state index contributed by atoms with van der Waals surface area (Å²) in [6.07, 6.45) is 3.03. The van der Waals surface area contributed by atoms with E-state index < -0.39 is 25.1 Å². The maximum absolute atomic E-state index is 13.0. The third kappa shape index (κ3) is 6.14. The number of anilines is 1. The molecule has 3 rings (SSSR count). The summed E-state index contributed by atoms with van der Waals surface area (Å²) in [5.41, 5.74) is 1.48. The maximum atomic E-state index is 13.0. The molecule has 1 aliphatic heterocycles. The Morgan fingerprint density at radius 2 is 1.56 bits per heavy atom. The molecule has 1 aliphatic rings. The van der Waals surface area contributed by atoms with E-state index in [4.69, 9.17) is 9.47 Å². The van der Waals surface area contributed by atoms with E-state index in [1.54, 1.807) is 14.2 Å². The van der Waals surface area contributed by atoms with E-state index in [9.17, 15) is 16.8 Å². The van der Waals surface area contributed by atoms with Crippen LogP contribution in [0, 0.1) is 0 Å². The molecule has 32 heavy (non-hydrogen) atoms. The van der Waals surface area contributed by atoms with Crippen molar-refractivity contribution in [1.29, 1.82) is 0 Å². The first kappa shape index (κ1) is 24.3. The van der Waals surface area contributed by atoms with E-state index >= 15 is 0 Å². The van der Waals surface area contributed by atoms with Crippen LogP contribution in [-0.2, 0) is 26.3 Å². The number of hydrogen-bond acceptors (Lipinski definition) is 7. The van der Waals surface area contributed by atoms with Gasteiger partial charge in [0.25, 0.3) is 0 Å². The number of nitrogens with one attached hydrogen (secondary N) is 1. The number of sulfone groups is 1. The number of sulfonamides is 1. The van der Waals surface area contributed by atoms with Gasteiger partial charge in [0.1, 0.15) is 0 Å². The van der Waals surface area contributed by atoms with Crippen molar-refractivity contribution < 1.29 is 26.3 Å². The molecule has 8 nitrogen and oxygen atoms in total. The van der Waals surface area contributed by atoms with Gasteiger partial charge in [0.2, 0.25) is 10.0 Å². The van der Waals surface area contributed by atoms with Crippen LogP contribution in [0.2, 0.25) is 0 Å². The highest BCUT2D eigenvalue weighted by Gasteiger charge is 2.31. The van der Waals surface area contributed by atoms with Crippen LogP contribution >= 0.6 is 0 Å². The molecule has 0 atom stereocenters. The van der Waals surface area contributed by atoms with E-state index in [-0.39, 0.29) is 4.90 Å². The minimum absolute atomic E-state index is 0.223. The summed E-state index contributed by atoms with van der Waals surface area (Å²) in [6.45, 7) is 2.27. The van der Waals surface area contributed by atoms with Gasteiger partial charge in [-0.25, -0.2) is 16.8 Å². The van der Waals surface area contributed by atoms with Crippen LogP contribution < -0.4 is 14.2 Å². The molecule has 0 spiro atoms. The van der Waals surface area contributed by atoms with Crippen LogP contribution in [0.25, 0.3) is 0 Å². The number of nitrogens with zero attached hydrogens (tertiary/aromatic N) is 1. The minimum atomic E-state index is -3.46. The Bertz CT molecular complexity index is 1120. The molecular formula is C22H30N2O6S2. The second kappa shape index (κ2) is 10.1. The number of ether oxygens (including phenoxy) is 2. The SMILES string of the molecule is COc1ccc(CCN2CCC(S(=O)(=O)c3ccc(NS(C)(=O)=O)cc3)CC2)cc1OC. The lowest BCUT2D eigenvalue weighted by molar-refractivity contribution is 0.232. The smallest absolute Gasteiger partial charge is 0.229 e. The van der Waals surface area contributed by atoms with Crippen molar-refractivity contribution in [2.45, 2.75) is 29.4 Å². The second-order valence-electron chi connectivity index (χ2n) is 7.92. The third-order valence-corrected chi connectivity index (χ3v) is 8.51. The van der Waals surface area contributed by atoms with Gasteiger partial charge in [-0.05, 0) is 74.3 Å². The van der Waals surface area contributed by atoms with Gasteiger partial charge in [-0.3, -0.25) is 4.72 Å². The first-order chi connectivity index (χ1) is 15.1. The van der Waals surface area contributed by atoms with E-state index in [1.165, 1.54) is 24.3 Å². The highest BCUT2D eigenvalue weighted by atomic mass is 32.2. The predicted molar refractivity (Wildman–Crippen MR) is 125 cm³/mol. The number of rotatable bonds is 9. The average molecular weight is 483 g/mol. The molecule has 0 unspecified atom stereocenters. The van der Waals surface area contributed by atoms with Gasteiger partial charge < -0.3 is 14.4 Å². The maximum Gasteiger partial charge on any atom is 0.229 e. The van der Waals surface area contributed by atoms with E-state index in [0.717, 1.165) is 24.8 Å². The molecule has 176 valence electrons. The molecule has 0 aliphatic carbocycles. The second-order valence-corrected chi connectivity index (χ2v) is 11.9. The Morgan fingerprint density at radius 3 is 2.12 bits per heavy atom. The zero-order chi connectivity index (χ0) is 23.4. The Morgan fingerprint density at radius 1 is 0.938 bits per heavy atom. The molecule has 0 bridgehead atoms. The lowest BCUT2D eigenvalue weighted by Gasteiger charge is -2.31. The third-order valence-electron chi connectivity index (χ3n) is 5.62. The molecule has 0 amide bonds. The lowest BCUT2D eigenvalue weighted by Crippen LogP contribution is -2.40. The molecule has 1 fully saturated rings. The van der Waals surface area contributed by atoms with Gasteiger partial charge in [-0.2, -0.15) is 0 Å². The number of piperidine rings is 1. The van der Waals surface area contributed by atoms with Crippen LogP contribution in [0.15, 0.2) is 47.4 Å². The highest BCUT2D eigenvalue weighted by molar-refractivity contribution is 7.92. The zero-order valence-electron chi connectivity index (χ0n) is 18.6. The van der Waals surface area contributed by atoms with Gasteiger partial charge in [0.05, 0.1) is 30.6 Å². The Hall–Kier alpha value is -2.30. The molecule has 0 saturated carbocycles. The fraction of sp³-hybridized carbons (Fsp3) is 0.455. The fourth-order valence-electron chi connectivity index (χ4n) is 3.89. The lowest BCUT2D eigenvalue weighted by atomic mass is 10.1. The van der Waals surface area contributed by atoms with Gasteiger partial charge in [-0.1, -0.05) is 6.07 Å². The van der Waals surface area contributed by atoms with Crippen molar-refractivity contribution in [2.75, 3.05) is 44.8 Å². The molecule has 1 N–H and O–H groups in total. The number of likely N-dealkylation sites (tertiary alicyclic amines) is 1. The first-order valence-electron chi connectivity index (χ1n) is 10.4. The molecule has 1 saturated heterocycles. The predicted octanol–water partition coefficient (Wildman–Crippen LogP) is 2.56. The van der Waals surface area contributed by atoms with Crippen molar-refractivity contribution in [1.82, 2.24) is 4.90 Å². The largest absolute Gasteiger partial charge is 0.493 e. The van der Waals surface area contributed by atoms with Crippen LogP contribution in [0.1, 0.15) is 18.4 Å². The van der Waals surface area contributed by atoms with Gasteiger partial charge >= 0.3 is 0 Å². The van der Waals surface area contributed by atoms with Gasteiger partial charge in [-0.15, -0.1) is 0 Å². The van der Waals surface area contributed by atoms with Crippen molar-refractivity contribution in [2.24, 2.45) is 0 Å². The van der Waals surface area contributed by atoms with Crippen LogP contribution in [-0.4, -0.2) is 67.1 Å². The summed E-state index contributed by atoms with van der Waals surface area (Å²) in [5.74, 6) is 1.40. The summed E-state index contributed by atoms with van der Waals surface area (Å²) in [5, 5.41) is -0.437. The number of benzene rings is 2. The zero-order valence-corrected chi connectivity index (χ0v) is 20.2. The number of hydrogen-bond donors (Lipinski definition) is 1. The van der Waals surface area contributed by atoms with Gasteiger partial charge in [0.15, 0.2) is 21.3 Å². The van der Waals surface area contributed by atoms with E-state index in [0.29, 0.717) is 43.1 Å². The summed E-state index contributed by atoms with van der Waals surface area (Å²) < 4.78 is 61.6. The van der Waals surface area contributed by atoms with Crippen molar-refractivity contribution >= 4 is 25.5 Å². The molecule has 0 radical (unpaired) electrons. The summed E-state index contributed by atoms with van der Waals surface area (Å²) in [6, 6.07) is 11.8. The Balaban J connectivity index is 1.55. The van der Waals surface area contributed by atoms with Crippen LogP contribution in [0.3, 0.4) is 0 Å². The molecule has 2 aromatic rings. The monoisotopic (exact) mass is 482 g/mol. The molecule has 0 aromatic heterocycles. The summed E-state index contributed by atoms with van der Waals surface area (Å²) in [4.78, 5) is 2.50.